The van der Waals surface area contributed by atoms with Crippen LogP contribution in [0.4, 0.5) is 17.1 Å². The van der Waals surface area contributed by atoms with Crippen LogP contribution in [-0.4, -0.2) is 11.5 Å². The monoisotopic (exact) mass is 333 g/mol. The zero-order valence-corrected chi connectivity index (χ0v) is 13.5. The van der Waals surface area contributed by atoms with Gasteiger partial charge in [0.2, 0.25) is 0 Å². The smallest absolute Gasteiger partial charge is 0.0591 e. The Balaban J connectivity index is 2.17. The van der Waals surface area contributed by atoms with Gasteiger partial charge in [0.1, 0.15) is 0 Å². The predicted molar refractivity (Wildman–Crippen MR) is 89.8 cm³/mol. The van der Waals surface area contributed by atoms with Crippen molar-refractivity contribution in [1.82, 2.24) is 4.98 Å². The third kappa shape index (κ3) is 3.97. The number of benzene rings is 1. The average Bonchev–Trinajstić information content (AvgIpc) is 2.47. The number of rotatable bonds is 6. The Kier molecular flexibility index (Phi) is 5.41. The molecule has 0 amide bonds. The van der Waals surface area contributed by atoms with Crippen molar-refractivity contribution in [3.8, 4) is 0 Å². The molecule has 20 heavy (non-hydrogen) atoms. The first kappa shape index (κ1) is 14.9. The molecule has 0 saturated heterocycles. The summed E-state index contributed by atoms with van der Waals surface area (Å²) in [5, 5.41) is 6.79. The van der Waals surface area contributed by atoms with Gasteiger partial charge in [0.05, 0.1) is 23.8 Å². The minimum Gasteiger partial charge on any atom is -0.384 e. The Morgan fingerprint density at radius 1 is 1.10 bits per heavy atom. The number of aromatic nitrogens is 1. The van der Waals surface area contributed by atoms with Crippen molar-refractivity contribution in [2.24, 2.45) is 0 Å². The van der Waals surface area contributed by atoms with Gasteiger partial charge < -0.3 is 10.6 Å². The second-order valence-electron chi connectivity index (χ2n) is 4.67. The molecular weight excluding hydrogens is 314 g/mol. The average molecular weight is 334 g/mol. The van der Waals surface area contributed by atoms with E-state index in [0.717, 1.165) is 40.9 Å². The zero-order chi connectivity index (χ0) is 14.4. The van der Waals surface area contributed by atoms with Crippen molar-refractivity contribution < 1.29 is 0 Å². The lowest BCUT2D eigenvalue weighted by atomic mass is 10.1. The van der Waals surface area contributed by atoms with E-state index in [1.54, 1.807) is 0 Å². The lowest BCUT2D eigenvalue weighted by molar-refractivity contribution is 0.977. The van der Waals surface area contributed by atoms with Gasteiger partial charge in [-0.3, -0.25) is 4.98 Å². The van der Waals surface area contributed by atoms with Gasteiger partial charge in [-0.1, -0.05) is 29.8 Å². The molecule has 1 aromatic carbocycles. The first-order valence-electron chi connectivity index (χ1n) is 6.97. The van der Waals surface area contributed by atoms with Crippen molar-refractivity contribution in [2.45, 2.75) is 26.7 Å². The predicted octanol–water partition coefficient (Wildman–Crippen LogP) is 4.97. The van der Waals surface area contributed by atoms with Crippen LogP contribution >= 0.6 is 15.9 Å². The zero-order valence-electron chi connectivity index (χ0n) is 11.9. The quantitative estimate of drug-likeness (QED) is 0.783. The lowest BCUT2D eigenvalue weighted by Crippen LogP contribution is -2.01. The summed E-state index contributed by atoms with van der Waals surface area (Å²) in [4.78, 5) is 4.27. The fraction of sp³-hybridized carbons (Fsp3) is 0.312. The molecule has 3 nitrogen and oxygen atoms in total. The lowest BCUT2D eigenvalue weighted by Gasteiger charge is -2.12. The van der Waals surface area contributed by atoms with Crippen molar-refractivity contribution in [2.75, 3.05) is 17.2 Å². The number of anilines is 3. The van der Waals surface area contributed by atoms with Gasteiger partial charge >= 0.3 is 0 Å². The number of pyridine rings is 1. The third-order valence-corrected chi connectivity index (χ3v) is 3.54. The largest absolute Gasteiger partial charge is 0.384 e. The summed E-state index contributed by atoms with van der Waals surface area (Å²) in [7, 11) is 0. The second-order valence-corrected chi connectivity index (χ2v) is 5.58. The number of nitrogens with one attached hydrogen (secondary N) is 2. The molecule has 2 rings (SSSR count). The number of hydrogen-bond acceptors (Lipinski definition) is 3. The van der Waals surface area contributed by atoms with E-state index in [-0.39, 0.29) is 0 Å². The molecule has 0 unspecified atom stereocenters. The summed E-state index contributed by atoms with van der Waals surface area (Å²) in [5.74, 6) is 0. The molecule has 1 heterocycles. The molecule has 0 aliphatic heterocycles. The molecule has 0 bridgehead atoms. The van der Waals surface area contributed by atoms with Crippen molar-refractivity contribution in [3.63, 3.8) is 0 Å². The fourth-order valence-electron chi connectivity index (χ4n) is 2.01. The first-order chi connectivity index (χ1) is 9.72. The number of hydrogen-bond donors (Lipinski definition) is 2. The minimum absolute atomic E-state index is 0.962. The Hall–Kier alpha value is -1.55. The maximum absolute atomic E-state index is 4.27. The number of halogens is 1. The maximum Gasteiger partial charge on any atom is 0.0591 e. The van der Waals surface area contributed by atoms with E-state index >= 15 is 0 Å². The molecule has 0 atom stereocenters. The van der Waals surface area contributed by atoms with Crippen molar-refractivity contribution in [1.29, 1.82) is 0 Å². The van der Waals surface area contributed by atoms with E-state index in [2.05, 4.69) is 63.6 Å². The summed E-state index contributed by atoms with van der Waals surface area (Å²) in [5.41, 5.74) is 4.46. The van der Waals surface area contributed by atoms with Crippen LogP contribution in [0.25, 0.3) is 0 Å². The maximum atomic E-state index is 4.27. The topological polar surface area (TPSA) is 37.0 Å². The Labute approximate surface area is 129 Å². The van der Waals surface area contributed by atoms with Crippen molar-refractivity contribution >= 4 is 33.0 Å². The Morgan fingerprint density at radius 3 is 2.65 bits per heavy atom. The molecule has 0 saturated carbocycles. The summed E-state index contributed by atoms with van der Waals surface area (Å²) >= 11 is 3.51. The van der Waals surface area contributed by atoms with E-state index in [1.165, 1.54) is 5.56 Å². The normalized spacial score (nSPS) is 10.3. The molecular formula is C16H20BrN3. The summed E-state index contributed by atoms with van der Waals surface area (Å²) in [6.45, 7) is 5.27. The number of nitrogens with zero attached hydrogens (tertiary/aromatic N) is 1. The molecule has 106 valence electrons. The second kappa shape index (κ2) is 7.29. The van der Waals surface area contributed by atoms with Gasteiger partial charge in [0, 0.05) is 16.7 Å². The molecule has 0 aliphatic rings. The summed E-state index contributed by atoms with van der Waals surface area (Å²) in [6.07, 6.45) is 5.79. The fourth-order valence-corrected chi connectivity index (χ4v) is 2.42. The Bertz CT molecular complexity index is 569. The van der Waals surface area contributed by atoms with Crippen LogP contribution in [0.1, 0.15) is 25.8 Å². The number of aryl methyl sites for hydroxylation is 1. The van der Waals surface area contributed by atoms with E-state index in [4.69, 9.17) is 0 Å². The summed E-state index contributed by atoms with van der Waals surface area (Å²) in [6, 6.07) is 8.38. The molecule has 0 fully saturated rings. The molecule has 0 radical (unpaired) electrons. The van der Waals surface area contributed by atoms with Gasteiger partial charge in [-0.2, -0.15) is 0 Å². The highest BCUT2D eigenvalue weighted by Gasteiger charge is 2.03. The molecule has 0 aliphatic carbocycles. The molecule has 2 N–H and O–H groups in total. The van der Waals surface area contributed by atoms with Crippen LogP contribution in [-0.2, 0) is 6.42 Å². The van der Waals surface area contributed by atoms with Gasteiger partial charge in [-0.25, -0.2) is 0 Å². The molecule has 1 aromatic heterocycles. The van der Waals surface area contributed by atoms with Crippen LogP contribution in [0.15, 0.2) is 41.1 Å². The van der Waals surface area contributed by atoms with Crippen LogP contribution in [0.5, 0.6) is 0 Å². The van der Waals surface area contributed by atoms with E-state index in [0.29, 0.717) is 0 Å². The van der Waals surface area contributed by atoms with Gasteiger partial charge in [-0.05, 0) is 42.7 Å². The molecule has 4 heteroatoms. The third-order valence-electron chi connectivity index (χ3n) is 3.04. The molecule has 2 aromatic rings. The van der Waals surface area contributed by atoms with E-state index in [1.807, 2.05) is 18.5 Å². The first-order valence-corrected chi connectivity index (χ1v) is 7.76. The Morgan fingerprint density at radius 2 is 1.90 bits per heavy atom. The van der Waals surface area contributed by atoms with E-state index in [9.17, 15) is 0 Å². The van der Waals surface area contributed by atoms with Gasteiger partial charge in [0.25, 0.3) is 0 Å². The minimum atomic E-state index is 0.962. The summed E-state index contributed by atoms with van der Waals surface area (Å²) < 4.78 is 1.11. The van der Waals surface area contributed by atoms with Crippen LogP contribution in [0.3, 0.4) is 0 Å². The van der Waals surface area contributed by atoms with Crippen LogP contribution in [0, 0.1) is 0 Å². The highest BCUT2D eigenvalue weighted by Crippen LogP contribution is 2.25. The SMILES string of the molecule is CCCNc1cncc(Nc2ccc(Br)cc2CC)c1. The van der Waals surface area contributed by atoms with Crippen LogP contribution < -0.4 is 10.6 Å². The van der Waals surface area contributed by atoms with Gasteiger partial charge in [-0.15, -0.1) is 0 Å². The highest BCUT2D eigenvalue weighted by molar-refractivity contribution is 9.10. The highest BCUT2D eigenvalue weighted by atomic mass is 79.9. The molecule has 0 spiro atoms. The van der Waals surface area contributed by atoms with Crippen LogP contribution in [0.2, 0.25) is 0 Å². The van der Waals surface area contributed by atoms with Crippen molar-refractivity contribution in [3.05, 3.63) is 46.7 Å². The standard InChI is InChI=1S/C16H20BrN3/c1-3-7-19-14-9-15(11-18-10-14)20-16-6-5-13(17)8-12(16)4-2/h5-6,8-11,19-20H,3-4,7H2,1-2H3. The van der Waals surface area contributed by atoms with Gasteiger partial charge in [0.15, 0.2) is 0 Å². The van der Waals surface area contributed by atoms with E-state index < -0.39 is 0 Å².